The largest absolute Gasteiger partial charge is 0.375 e. The van der Waals surface area contributed by atoms with Crippen molar-refractivity contribution >= 4 is 0 Å². The van der Waals surface area contributed by atoms with Crippen LogP contribution in [0, 0.1) is 0 Å². The predicted molar refractivity (Wildman–Crippen MR) is 67.3 cm³/mol. The lowest BCUT2D eigenvalue weighted by Gasteiger charge is -2.19. The van der Waals surface area contributed by atoms with Crippen LogP contribution in [0.3, 0.4) is 0 Å². The number of ether oxygens (including phenoxy) is 1. The van der Waals surface area contributed by atoms with E-state index in [4.69, 9.17) is 10.5 Å². The fourth-order valence-corrected chi connectivity index (χ4v) is 1.57. The van der Waals surface area contributed by atoms with Gasteiger partial charge in [0.05, 0.1) is 13.2 Å². The summed E-state index contributed by atoms with van der Waals surface area (Å²) < 4.78 is 5.62. The van der Waals surface area contributed by atoms with Crippen molar-refractivity contribution in [3.8, 4) is 0 Å². The maximum Gasteiger partial charge on any atom is 0.0717 e. The van der Waals surface area contributed by atoms with E-state index in [0.29, 0.717) is 13.2 Å². The van der Waals surface area contributed by atoms with Gasteiger partial charge in [-0.25, -0.2) is 0 Å². The molecule has 3 heteroatoms. The highest BCUT2D eigenvalue weighted by atomic mass is 16.5. The molecule has 0 bridgehead atoms. The molecule has 0 unspecified atom stereocenters. The van der Waals surface area contributed by atoms with Crippen molar-refractivity contribution in [2.24, 2.45) is 5.73 Å². The van der Waals surface area contributed by atoms with Crippen LogP contribution in [-0.2, 0) is 11.3 Å². The van der Waals surface area contributed by atoms with Gasteiger partial charge >= 0.3 is 0 Å². The Morgan fingerprint density at radius 2 is 1.94 bits per heavy atom. The Bertz CT molecular complexity index is 264. The minimum atomic E-state index is 0.695. The van der Waals surface area contributed by atoms with E-state index in [1.807, 2.05) is 18.2 Å². The summed E-state index contributed by atoms with van der Waals surface area (Å²) in [5, 5.41) is 0. The van der Waals surface area contributed by atoms with Crippen LogP contribution in [0.2, 0.25) is 0 Å². The van der Waals surface area contributed by atoms with Crippen LogP contribution in [-0.4, -0.2) is 37.7 Å². The Labute approximate surface area is 98.2 Å². The van der Waals surface area contributed by atoms with Crippen molar-refractivity contribution in [3.63, 3.8) is 0 Å². The van der Waals surface area contributed by atoms with Crippen molar-refractivity contribution < 1.29 is 4.74 Å². The molecule has 0 atom stereocenters. The van der Waals surface area contributed by atoms with Crippen LogP contribution >= 0.6 is 0 Å². The first-order valence-electron chi connectivity index (χ1n) is 5.91. The Balaban J connectivity index is 2.11. The van der Waals surface area contributed by atoms with E-state index in [1.165, 1.54) is 5.56 Å². The Kier molecular flexibility index (Phi) is 6.81. The minimum Gasteiger partial charge on any atom is -0.375 e. The van der Waals surface area contributed by atoms with Gasteiger partial charge in [-0.3, -0.25) is 0 Å². The van der Waals surface area contributed by atoms with Crippen LogP contribution < -0.4 is 5.73 Å². The summed E-state index contributed by atoms with van der Waals surface area (Å²) in [7, 11) is 0. The van der Waals surface area contributed by atoms with E-state index in [-0.39, 0.29) is 0 Å². The summed E-state index contributed by atoms with van der Waals surface area (Å²) in [6.45, 7) is 7.26. The summed E-state index contributed by atoms with van der Waals surface area (Å²) in [4.78, 5) is 2.30. The summed E-state index contributed by atoms with van der Waals surface area (Å²) in [6.07, 6.45) is 0. The zero-order valence-electron chi connectivity index (χ0n) is 10.1. The molecule has 0 fully saturated rings. The van der Waals surface area contributed by atoms with Gasteiger partial charge in [-0.2, -0.15) is 0 Å². The standard InChI is InChI=1S/C13H22N2O/c1-2-15(9-8-14)10-11-16-12-13-6-4-3-5-7-13/h3-7H,2,8-12,14H2,1H3. The van der Waals surface area contributed by atoms with Crippen molar-refractivity contribution in [1.29, 1.82) is 0 Å². The molecular weight excluding hydrogens is 200 g/mol. The van der Waals surface area contributed by atoms with Crippen molar-refractivity contribution in [2.75, 3.05) is 32.8 Å². The van der Waals surface area contributed by atoms with E-state index in [0.717, 1.165) is 26.2 Å². The SMILES string of the molecule is CCN(CCN)CCOCc1ccccc1. The molecule has 0 amide bonds. The fourth-order valence-electron chi connectivity index (χ4n) is 1.57. The molecule has 1 rings (SSSR count). The lowest BCUT2D eigenvalue weighted by Crippen LogP contribution is -2.32. The van der Waals surface area contributed by atoms with Gasteiger partial charge in [0.15, 0.2) is 0 Å². The van der Waals surface area contributed by atoms with Gasteiger partial charge in [0.2, 0.25) is 0 Å². The van der Waals surface area contributed by atoms with Crippen molar-refractivity contribution in [2.45, 2.75) is 13.5 Å². The highest BCUT2D eigenvalue weighted by Crippen LogP contribution is 2.00. The maximum absolute atomic E-state index is 5.62. The molecule has 3 nitrogen and oxygen atoms in total. The molecule has 1 aromatic carbocycles. The number of nitrogens with zero attached hydrogens (tertiary/aromatic N) is 1. The zero-order chi connectivity index (χ0) is 11.6. The van der Waals surface area contributed by atoms with E-state index in [9.17, 15) is 0 Å². The molecule has 0 heterocycles. The van der Waals surface area contributed by atoms with E-state index in [2.05, 4.69) is 24.0 Å². The Morgan fingerprint density at radius 3 is 2.56 bits per heavy atom. The molecule has 0 saturated heterocycles. The smallest absolute Gasteiger partial charge is 0.0717 e. The molecular formula is C13H22N2O. The molecule has 0 spiro atoms. The van der Waals surface area contributed by atoms with E-state index in [1.54, 1.807) is 0 Å². The molecule has 0 aliphatic carbocycles. The third kappa shape index (κ3) is 5.26. The highest BCUT2D eigenvalue weighted by Gasteiger charge is 2.00. The second-order valence-electron chi connectivity index (χ2n) is 3.76. The first-order chi connectivity index (χ1) is 7.86. The Hall–Kier alpha value is -0.900. The number of hydrogen-bond acceptors (Lipinski definition) is 3. The molecule has 90 valence electrons. The first kappa shape index (κ1) is 13.2. The van der Waals surface area contributed by atoms with Crippen LogP contribution in [0.5, 0.6) is 0 Å². The normalized spacial score (nSPS) is 10.9. The van der Waals surface area contributed by atoms with Crippen LogP contribution in [0.15, 0.2) is 30.3 Å². The fraction of sp³-hybridized carbons (Fsp3) is 0.538. The lowest BCUT2D eigenvalue weighted by molar-refractivity contribution is 0.0949. The number of hydrogen-bond donors (Lipinski definition) is 1. The topological polar surface area (TPSA) is 38.5 Å². The first-order valence-corrected chi connectivity index (χ1v) is 5.91. The summed E-state index contributed by atoms with van der Waals surface area (Å²) >= 11 is 0. The highest BCUT2D eigenvalue weighted by molar-refractivity contribution is 5.13. The average Bonchev–Trinajstić information content (AvgIpc) is 2.34. The molecule has 0 aliphatic rings. The molecule has 1 aromatic rings. The Morgan fingerprint density at radius 1 is 1.19 bits per heavy atom. The van der Waals surface area contributed by atoms with Crippen molar-refractivity contribution in [1.82, 2.24) is 4.90 Å². The van der Waals surface area contributed by atoms with Crippen LogP contribution in [0.25, 0.3) is 0 Å². The van der Waals surface area contributed by atoms with Gasteiger partial charge in [0.25, 0.3) is 0 Å². The predicted octanol–water partition coefficient (Wildman–Crippen LogP) is 1.48. The average molecular weight is 222 g/mol. The molecule has 0 saturated carbocycles. The summed E-state index contributed by atoms with van der Waals surface area (Å²) in [5.74, 6) is 0. The molecule has 16 heavy (non-hydrogen) atoms. The van der Waals surface area contributed by atoms with E-state index >= 15 is 0 Å². The second kappa shape index (κ2) is 8.28. The van der Waals surface area contributed by atoms with Gasteiger partial charge < -0.3 is 15.4 Å². The summed E-state index contributed by atoms with van der Waals surface area (Å²) in [5.41, 5.74) is 6.74. The van der Waals surface area contributed by atoms with Crippen LogP contribution in [0.4, 0.5) is 0 Å². The maximum atomic E-state index is 5.62. The van der Waals surface area contributed by atoms with Gasteiger partial charge in [0.1, 0.15) is 0 Å². The number of rotatable bonds is 8. The van der Waals surface area contributed by atoms with Gasteiger partial charge in [0, 0.05) is 19.6 Å². The van der Waals surface area contributed by atoms with Crippen LogP contribution in [0.1, 0.15) is 12.5 Å². The monoisotopic (exact) mass is 222 g/mol. The molecule has 0 aliphatic heterocycles. The van der Waals surface area contributed by atoms with Gasteiger partial charge in [-0.15, -0.1) is 0 Å². The third-order valence-electron chi connectivity index (χ3n) is 2.56. The molecule has 0 radical (unpaired) electrons. The third-order valence-corrected chi connectivity index (χ3v) is 2.56. The molecule has 2 N–H and O–H groups in total. The van der Waals surface area contributed by atoms with Gasteiger partial charge in [-0.1, -0.05) is 37.3 Å². The zero-order valence-corrected chi connectivity index (χ0v) is 10.1. The van der Waals surface area contributed by atoms with E-state index < -0.39 is 0 Å². The second-order valence-corrected chi connectivity index (χ2v) is 3.76. The van der Waals surface area contributed by atoms with Gasteiger partial charge in [-0.05, 0) is 12.1 Å². The molecule has 0 aromatic heterocycles. The minimum absolute atomic E-state index is 0.695. The van der Waals surface area contributed by atoms with Crippen molar-refractivity contribution in [3.05, 3.63) is 35.9 Å². The summed E-state index contributed by atoms with van der Waals surface area (Å²) in [6, 6.07) is 10.2. The number of likely N-dealkylation sites (N-methyl/N-ethyl adjacent to an activating group) is 1. The number of benzene rings is 1. The number of nitrogens with two attached hydrogens (primary N) is 1. The lowest BCUT2D eigenvalue weighted by atomic mass is 10.2. The quantitative estimate of drug-likeness (QED) is 0.677.